The van der Waals surface area contributed by atoms with Gasteiger partial charge in [0.15, 0.2) is 5.12 Å². The molecule has 0 aliphatic rings. The average molecular weight is 281 g/mol. The molecule has 0 saturated carbocycles. The molecule has 1 N–H and O–H groups in total. The molecule has 1 aromatic heterocycles. The summed E-state index contributed by atoms with van der Waals surface area (Å²) in [5, 5.41) is 0.0966. The van der Waals surface area contributed by atoms with Crippen LogP contribution in [0.1, 0.15) is 41.2 Å². The van der Waals surface area contributed by atoms with Crippen LogP contribution in [-0.2, 0) is 9.53 Å². The minimum atomic E-state index is -0.333. The van der Waals surface area contributed by atoms with Crippen LogP contribution in [0.2, 0.25) is 0 Å². The number of nitrogens with one attached hydrogen (secondary N) is 1. The summed E-state index contributed by atoms with van der Waals surface area (Å²) < 4.78 is 4.99. The zero-order valence-electron chi connectivity index (χ0n) is 11.7. The Morgan fingerprint density at radius 3 is 2.63 bits per heavy atom. The Bertz CT molecular complexity index is 503. The zero-order valence-corrected chi connectivity index (χ0v) is 12.5. The van der Waals surface area contributed by atoms with Crippen LogP contribution in [0.15, 0.2) is 6.08 Å². The van der Waals surface area contributed by atoms with Gasteiger partial charge in [-0.15, -0.1) is 0 Å². The summed E-state index contributed by atoms with van der Waals surface area (Å²) in [5.74, 6) is 0.301. The van der Waals surface area contributed by atoms with E-state index in [0.717, 1.165) is 16.8 Å². The van der Waals surface area contributed by atoms with Crippen LogP contribution >= 0.6 is 11.8 Å². The van der Waals surface area contributed by atoms with E-state index in [9.17, 15) is 9.59 Å². The van der Waals surface area contributed by atoms with Crippen LogP contribution in [0.5, 0.6) is 0 Å². The smallest absolute Gasteiger partial charge is 0.355 e. The highest BCUT2D eigenvalue weighted by molar-refractivity contribution is 8.13. The number of carbonyl (C=O) groups excluding carboxylic acids is 2. The van der Waals surface area contributed by atoms with Gasteiger partial charge in [0.2, 0.25) is 0 Å². The number of rotatable bonds is 5. The summed E-state index contributed by atoms with van der Waals surface area (Å²) >= 11 is 1.26. The van der Waals surface area contributed by atoms with Crippen molar-refractivity contribution in [2.45, 2.75) is 27.7 Å². The Morgan fingerprint density at radius 2 is 2.05 bits per heavy atom. The van der Waals surface area contributed by atoms with Crippen molar-refractivity contribution in [2.75, 3.05) is 12.4 Å². The molecule has 0 fully saturated rings. The summed E-state index contributed by atoms with van der Waals surface area (Å²) in [6.07, 6.45) is 3.85. The van der Waals surface area contributed by atoms with Crippen molar-refractivity contribution in [3.8, 4) is 0 Å². The summed E-state index contributed by atoms with van der Waals surface area (Å²) in [7, 11) is 0. The number of hydrogen-bond acceptors (Lipinski definition) is 4. The molecular formula is C14H19NO3S. The second-order valence-corrected chi connectivity index (χ2v) is 5.29. The number of esters is 1. The Labute approximate surface area is 117 Å². The third-order valence-electron chi connectivity index (χ3n) is 2.64. The molecule has 0 atom stereocenters. The first-order chi connectivity index (χ1) is 8.97. The van der Waals surface area contributed by atoms with Gasteiger partial charge in [-0.05, 0) is 31.9 Å². The van der Waals surface area contributed by atoms with Crippen LogP contribution in [0.3, 0.4) is 0 Å². The second kappa shape index (κ2) is 7.19. The lowest BCUT2D eigenvalue weighted by Crippen LogP contribution is -2.06. The molecule has 1 aromatic rings. The molecule has 0 bridgehead atoms. The van der Waals surface area contributed by atoms with Crippen LogP contribution < -0.4 is 0 Å². The Hall–Kier alpha value is -1.49. The highest BCUT2D eigenvalue weighted by atomic mass is 32.2. The number of H-pyrrole nitrogens is 1. The molecule has 1 rings (SSSR count). The van der Waals surface area contributed by atoms with Gasteiger partial charge in [-0.3, -0.25) is 4.79 Å². The predicted octanol–water partition coefficient (Wildman–Crippen LogP) is 3.10. The van der Waals surface area contributed by atoms with Crippen molar-refractivity contribution in [3.63, 3.8) is 0 Å². The van der Waals surface area contributed by atoms with E-state index in [2.05, 4.69) is 4.98 Å². The molecular weight excluding hydrogens is 262 g/mol. The van der Waals surface area contributed by atoms with Crippen molar-refractivity contribution >= 4 is 28.9 Å². The summed E-state index contributed by atoms with van der Waals surface area (Å²) in [5.41, 5.74) is 3.27. The fraction of sp³-hybridized carbons (Fsp3) is 0.429. The molecule has 0 aromatic carbocycles. The number of ether oxygens (including phenoxy) is 1. The Morgan fingerprint density at radius 1 is 1.37 bits per heavy atom. The Kier molecular flexibility index (Phi) is 5.89. The monoisotopic (exact) mass is 281 g/mol. The van der Waals surface area contributed by atoms with E-state index >= 15 is 0 Å². The molecule has 0 saturated heterocycles. The van der Waals surface area contributed by atoms with Crippen LogP contribution in [0.4, 0.5) is 0 Å². The average Bonchev–Trinajstić information content (AvgIpc) is 2.61. The van der Waals surface area contributed by atoms with Gasteiger partial charge in [0.25, 0.3) is 0 Å². The van der Waals surface area contributed by atoms with Gasteiger partial charge >= 0.3 is 5.97 Å². The maximum Gasteiger partial charge on any atom is 0.355 e. The number of aryl methyl sites for hydroxylation is 1. The third kappa shape index (κ3) is 4.28. The molecule has 0 aliphatic carbocycles. The number of carbonyl (C=O) groups is 2. The lowest BCUT2D eigenvalue weighted by molar-refractivity contribution is -0.109. The molecule has 104 valence electrons. The number of aromatic nitrogens is 1. The van der Waals surface area contributed by atoms with Gasteiger partial charge in [0, 0.05) is 18.4 Å². The van der Waals surface area contributed by atoms with E-state index in [1.807, 2.05) is 26.0 Å². The molecule has 4 nitrogen and oxygen atoms in total. The number of thioether (sulfide) groups is 1. The van der Waals surface area contributed by atoms with Crippen molar-refractivity contribution in [1.82, 2.24) is 4.98 Å². The van der Waals surface area contributed by atoms with E-state index in [4.69, 9.17) is 4.74 Å². The van der Waals surface area contributed by atoms with E-state index in [0.29, 0.717) is 18.1 Å². The summed E-state index contributed by atoms with van der Waals surface area (Å²) in [4.78, 5) is 25.6. The van der Waals surface area contributed by atoms with E-state index < -0.39 is 0 Å². The summed E-state index contributed by atoms with van der Waals surface area (Å²) in [6, 6.07) is 0. The number of aromatic amines is 1. The molecule has 0 amide bonds. The minimum Gasteiger partial charge on any atom is -0.461 e. The van der Waals surface area contributed by atoms with Crippen molar-refractivity contribution < 1.29 is 14.3 Å². The largest absolute Gasteiger partial charge is 0.461 e. The molecule has 0 radical (unpaired) electrons. The van der Waals surface area contributed by atoms with Crippen LogP contribution in [0.25, 0.3) is 6.08 Å². The zero-order chi connectivity index (χ0) is 14.4. The standard InChI is InChI=1S/C14H19NO3S/c1-5-18-14(17)13-9(2)12(10(3)15-13)7-6-8-19-11(4)16/h6-7,15H,5,8H2,1-4H3. The highest BCUT2D eigenvalue weighted by Crippen LogP contribution is 2.20. The van der Waals surface area contributed by atoms with Crippen LogP contribution in [-0.4, -0.2) is 28.4 Å². The van der Waals surface area contributed by atoms with Crippen LogP contribution in [0, 0.1) is 13.8 Å². The molecule has 0 spiro atoms. The predicted molar refractivity (Wildman–Crippen MR) is 78.4 cm³/mol. The van der Waals surface area contributed by atoms with Crippen molar-refractivity contribution in [3.05, 3.63) is 28.6 Å². The van der Waals surface area contributed by atoms with E-state index in [1.165, 1.54) is 11.8 Å². The second-order valence-electron chi connectivity index (χ2n) is 4.09. The van der Waals surface area contributed by atoms with E-state index in [1.54, 1.807) is 13.8 Å². The van der Waals surface area contributed by atoms with Crippen molar-refractivity contribution in [1.29, 1.82) is 0 Å². The lowest BCUT2D eigenvalue weighted by Gasteiger charge is -2.00. The van der Waals surface area contributed by atoms with Gasteiger partial charge in [-0.2, -0.15) is 0 Å². The minimum absolute atomic E-state index is 0.0966. The lowest BCUT2D eigenvalue weighted by atomic mass is 10.1. The number of hydrogen-bond donors (Lipinski definition) is 1. The van der Waals surface area contributed by atoms with Gasteiger partial charge in [-0.1, -0.05) is 23.9 Å². The van der Waals surface area contributed by atoms with Gasteiger partial charge in [0.05, 0.1) is 6.61 Å². The fourth-order valence-electron chi connectivity index (χ4n) is 1.75. The highest BCUT2D eigenvalue weighted by Gasteiger charge is 2.16. The van der Waals surface area contributed by atoms with Crippen molar-refractivity contribution in [2.24, 2.45) is 0 Å². The molecule has 0 aliphatic heterocycles. The fourth-order valence-corrected chi connectivity index (χ4v) is 2.18. The first-order valence-electron chi connectivity index (χ1n) is 6.13. The maximum atomic E-state index is 11.7. The molecule has 1 heterocycles. The Balaban J connectivity index is 2.85. The topological polar surface area (TPSA) is 59.2 Å². The SMILES string of the molecule is CCOC(=O)c1[nH]c(C)c(C=CCSC(C)=O)c1C. The maximum absolute atomic E-state index is 11.7. The van der Waals surface area contributed by atoms with Gasteiger partial charge in [-0.25, -0.2) is 4.79 Å². The van der Waals surface area contributed by atoms with E-state index in [-0.39, 0.29) is 11.1 Å². The normalized spacial score (nSPS) is 10.9. The molecule has 0 unspecified atom stereocenters. The molecule has 5 heteroatoms. The first-order valence-corrected chi connectivity index (χ1v) is 7.12. The summed E-state index contributed by atoms with van der Waals surface area (Å²) in [6.45, 7) is 7.48. The first kappa shape index (κ1) is 15.6. The van der Waals surface area contributed by atoms with Gasteiger partial charge < -0.3 is 9.72 Å². The third-order valence-corrected chi connectivity index (χ3v) is 3.41. The van der Waals surface area contributed by atoms with Gasteiger partial charge in [0.1, 0.15) is 5.69 Å². The quantitative estimate of drug-likeness (QED) is 0.842. The molecule has 19 heavy (non-hydrogen) atoms.